The van der Waals surface area contributed by atoms with E-state index in [2.05, 4.69) is 47.6 Å². The number of nitrogens with two attached hydrogens (primary N) is 2. The Hall–Kier alpha value is -5.08. The van der Waals surface area contributed by atoms with Crippen LogP contribution in [-0.2, 0) is 0 Å². The average Bonchev–Trinajstić information content (AvgIpc) is 3.17. The Morgan fingerprint density at radius 3 is 1.31 bits per heavy atom. The number of nitrogens with zero attached hydrogens (tertiary/aromatic N) is 2. The highest BCUT2D eigenvalue weighted by Crippen LogP contribution is 2.46. The fraction of sp³-hybridized carbons (Fsp3) is 0.300. The van der Waals surface area contributed by atoms with E-state index in [0.717, 1.165) is 58.4 Å². The predicted octanol–water partition coefficient (Wildman–Crippen LogP) is 4.10. The van der Waals surface area contributed by atoms with Crippen molar-refractivity contribution in [2.75, 3.05) is 59.3 Å². The monoisotopic (exact) mass is 706 g/mol. The number of benzene rings is 5. The maximum atomic E-state index is 13.8. The molecular formula is C40H50N8O4. The van der Waals surface area contributed by atoms with E-state index in [1.807, 2.05) is 24.3 Å². The van der Waals surface area contributed by atoms with Gasteiger partial charge in [-0.25, -0.2) is 0 Å². The Morgan fingerprint density at radius 2 is 0.904 bits per heavy atom. The molecule has 2 aliphatic rings. The Balaban J connectivity index is 0.00000117. The van der Waals surface area contributed by atoms with Gasteiger partial charge in [0.05, 0.1) is 6.67 Å². The molecule has 0 unspecified atom stereocenters. The van der Waals surface area contributed by atoms with Gasteiger partial charge in [0.1, 0.15) is 0 Å². The van der Waals surface area contributed by atoms with Crippen LogP contribution >= 0.6 is 0 Å². The smallest absolute Gasteiger partial charge is 0.262 e. The maximum absolute atomic E-state index is 13.8. The predicted molar refractivity (Wildman–Crippen MR) is 212 cm³/mol. The van der Waals surface area contributed by atoms with Crippen LogP contribution in [0, 0.1) is 0 Å². The van der Waals surface area contributed by atoms with E-state index in [1.165, 1.54) is 9.80 Å². The van der Waals surface area contributed by atoms with Crippen LogP contribution in [0.15, 0.2) is 74.8 Å². The van der Waals surface area contributed by atoms with E-state index in [1.54, 1.807) is 24.3 Å². The fourth-order valence-corrected chi connectivity index (χ4v) is 7.06. The highest BCUT2D eigenvalue weighted by Gasteiger charge is 2.36. The van der Waals surface area contributed by atoms with Crippen LogP contribution < -0.4 is 32.7 Å². The molecule has 8 N–H and O–H groups in total. The molecule has 5 aromatic carbocycles. The van der Waals surface area contributed by atoms with Gasteiger partial charge in [0.15, 0.2) is 0 Å². The van der Waals surface area contributed by atoms with Crippen LogP contribution in [0.4, 0.5) is 0 Å². The van der Waals surface area contributed by atoms with E-state index >= 15 is 0 Å². The summed E-state index contributed by atoms with van der Waals surface area (Å²) in [5.74, 6) is -1.32. The van der Waals surface area contributed by atoms with Crippen molar-refractivity contribution in [2.24, 2.45) is 11.5 Å². The van der Waals surface area contributed by atoms with Crippen molar-refractivity contribution < 1.29 is 19.2 Å². The van der Waals surface area contributed by atoms with Gasteiger partial charge in [-0.05, 0) is 89.1 Å². The quantitative estimate of drug-likeness (QED) is 0.0232. The van der Waals surface area contributed by atoms with Crippen LogP contribution in [0.2, 0.25) is 0 Å². The molecule has 0 spiro atoms. The maximum Gasteiger partial charge on any atom is 0.262 e. The lowest BCUT2D eigenvalue weighted by Crippen LogP contribution is -2.47. The second-order valence-corrected chi connectivity index (χ2v) is 12.0. The molecule has 0 saturated carbocycles. The molecule has 7 rings (SSSR count). The van der Waals surface area contributed by atoms with Gasteiger partial charge in [-0.2, -0.15) is 0 Å². The average molecular weight is 707 g/mol. The van der Waals surface area contributed by atoms with Gasteiger partial charge in [0.2, 0.25) is 0 Å². The first kappa shape index (κ1) is 39.7. The van der Waals surface area contributed by atoms with Crippen molar-refractivity contribution >= 4 is 66.7 Å². The number of rotatable bonds is 15. The van der Waals surface area contributed by atoms with Gasteiger partial charge in [0.25, 0.3) is 23.6 Å². The molecule has 52 heavy (non-hydrogen) atoms. The molecule has 12 nitrogen and oxygen atoms in total. The van der Waals surface area contributed by atoms with E-state index in [-0.39, 0.29) is 44.4 Å². The van der Waals surface area contributed by atoms with Crippen LogP contribution in [0.1, 0.15) is 61.7 Å². The van der Waals surface area contributed by atoms with Crippen molar-refractivity contribution in [1.82, 2.24) is 31.1 Å². The molecule has 0 aromatic heterocycles. The zero-order chi connectivity index (χ0) is 36.7. The molecule has 0 fully saturated rings. The van der Waals surface area contributed by atoms with Crippen molar-refractivity contribution in [2.45, 2.75) is 20.3 Å². The lowest BCUT2D eigenvalue weighted by molar-refractivity contribution is 0.0586. The summed E-state index contributed by atoms with van der Waals surface area (Å²) < 4.78 is 0. The number of fused-ring (bicyclic) bond motifs is 2. The summed E-state index contributed by atoms with van der Waals surface area (Å²) >= 11 is 0. The third kappa shape index (κ3) is 6.92. The molecule has 4 amide bonds. The second-order valence-electron chi connectivity index (χ2n) is 12.0. The fourth-order valence-electron chi connectivity index (χ4n) is 7.06. The van der Waals surface area contributed by atoms with Crippen LogP contribution in [-0.4, -0.2) is 92.7 Å². The zero-order valence-electron chi connectivity index (χ0n) is 28.9. The lowest BCUT2D eigenvalue weighted by Gasteiger charge is -2.30. The molecule has 5 aromatic rings. The van der Waals surface area contributed by atoms with Crippen molar-refractivity contribution in [1.29, 1.82) is 0 Å². The number of hydrogen-bond donors (Lipinski definition) is 6. The Labute approximate surface area is 304 Å². The summed E-state index contributed by atoms with van der Waals surface area (Å²) in [7, 11) is 0. The van der Waals surface area contributed by atoms with E-state index in [4.69, 9.17) is 11.5 Å². The van der Waals surface area contributed by atoms with E-state index in [0.29, 0.717) is 65.8 Å². The number of amides is 4. The Bertz CT molecular complexity index is 1980. The normalized spacial score (nSPS) is 13.4. The van der Waals surface area contributed by atoms with Gasteiger partial charge in [-0.3, -0.25) is 39.6 Å². The Kier molecular flexibility index (Phi) is 13.7. The van der Waals surface area contributed by atoms with Gasteiger partial charge < -0.3 is 22.1 Å². The van der Waals surface area contributed by atoms with E-state index < -0.39 is 0 Å². The highest BCUT2D eigenvalue weighted by atomic mass is 16.2. The minimum absolute atomic E-state index is 0. The summed E-state index contributed by atoms with van der Waals surface area (Å²) in [5, 5.41) is 19.0. The van der Waals surface area contributed by atoms with Gasteiger partial charge >= 0.3 is 0 Å². The minimum Gasteiger partial charge on any atom is -0.330 e. The first-order valence-electron chi connectivity index (χ1n) is 17.1. The minimum atomic E-state index is -0.367. The molecule has 0 radical (unpaired) electrons. The number of carbonyl (C=O) groups is 4. The summed E-state index contributed by atoms with van der Waals surface area (Å²) in [5.41, 5.74) is 12.9. The summed E-state index contributed by atoms with van der Waals surface area (Å²) in [6.07, 6.45) is 1.58. The standard InChI is InChI=1S/C35H38N8O4.2C2H4.CH4/c36-11-1-12-38-14-15-39-13-2-16-42-32(44)24-7-3-20-22-5-9-26-31-27(35(47)43(34(26)46)19-41-18-40-17-37)10-6-23(29(22)31)21-4-8-25(33(42)45)30(24)28(20)21;2*1-2;/h3-10,38-41H,1-2,11-19,36-37H2;2*1-2H2;1H4. The van der Waals surface area contributed by atoms with Crippen molar-refractivity contribution in [3.8, 4) is 0 Å². The van der Waals surface area contributed by atoms with Gasteiger partial charge in [0, 0.05) is 66.0 Å². The molecule has 0 atom stereocenters. The lowest BCUT2D eigenvalue weighted by atomic mass is 9.82. The number of carbonyl (C=O) groups excluding carboxylic acids is 4. The molecular weight excluding hydrogens is 656 g/mol. The van der Waals surface area contributed by atoms with Crippen LogP contribution in [0.3, 0.4) is 0 Å². The number of imide groups is 2. The topological polar surface area (TPSA) is 175 Å². The SMILES string of the molecule is C.C=C.C=C.NCCCNCCNCCCN1C(=O)c2ccc3c4ccc5c6c(ccc(c7ccc(c2c37)C1=O)c64)C(=O)N(CNCNCN)C5=O. The molecule has 0 bridgehead atoms. The third-order valence-electron chi connectivity index (χ3n) is 9.24. The molecule has 2 heterocycles. The van der Waals surface area contributed by atoms with Crippen LogP contribution in [0.25, 0.3) is 43.1 Å². The number of hydrogen-bond acceptors (Lipinski definition) is 10. The molecule has 12 heteroatoms. The molecule has 274 valence electrons. The summed E-state index contributed by atoms with van der Waals surface area (Å²) in [6.45, 7) is 16.9. The third-order valence-corrected chi connectivity index (χ3v) is 9.24. The summed E-state index contributed by atoms with van der Waals surface area (Å²) in [6, 6.07) is 14.8. The van der Waals surface area contributed by atoms with Crippen molar-refractivity contribution in [3.05, 3.63) is 97.1 Å². The molecule has 0 saturated heterocycles. The molecule has 2 aliphatic heterocycles. The first-order chi connectivity index (χ1) is 25.0. The van der Waals surface area contributed by atoms with Gasteiger partial charge in [-0.15, -0.1) is 26.3 Å². The van der Waals surface area contributed by atoms with Crippen molar-refractivity contribution in [3.63, 3.8) is 0 Å². The highest BCUT2D eigenvalue weighted by molar-refractivity contribution is 6.41. The molecule has 0 aliphatic carbocycles. The first-order valence-corrected chi connectivity index (χ1v) is 17.1. The summed E-state index contributed by atoms with van der Waals surface area (Å²) in [4.78, 5) is 57.3. The second kappa shape index (κ2) is 17.9. The Morgan fingerprint density at radius 1 is 0.500 bits per heavy atom. The van der Waals surface area contributed by atoms with Gasteiger partial charge in [-0.1, -0.05) is 31.7 Å². The number of nitrogens with one attached hydrogen (secondary N) is 4. The largest absolute Gasteiger partial charge is 0.330 e. The zero-order valence-corrected chi connectivity index (χ0v) is 28.9. The van der Waals surface area contributed by atoms with Crippen LogP contribution in [0.5, 0.6) is 0 Å². The van der Waals surface area contributed by atoms with E-state index in [9.17, 15) is 19.2 Å².